The summed E-state index contributed by atoms with van der Waals surface area (Å²) in [5, 5.41) is 2.51. The van der Waals surface area contributed by atoms with Gasteiger partial charge in [-0.1, -0.05) is 6.07 Å². The topological polar surface area (TPSA) is 24.3 Å². The van der Waals surface area contributed by atoms with Crippen molar-refractivity contribution < 1.29 is 10.2 Å². The summed E-state index contributed by atoms with van der Waals surface area (Å²) >= 11 is 0. The molecule has 2 aliphatic rings. The van der Waals surface area contributed by atoms with E-state index >= 15 is 0 Å². The average molecular weight is 289 g/mol. The number of nitrogens with two attached hydrogens (primary N) is 1. The predicted molar refractivity (Wildman–Crippen MR) is 87.8 cm³/mol. The Bertz CT molecular complexity index is 462. The number of nitrogens with one attached hydrogen (secondary N) is 1. The van der Waals surface area contributed by atoms with E-state index in [4.69, 9.17) is 0 Å². The zero-order valence-electron chi connectivity index (χ0n) is 13.7. The number of nitrogens with zero attached hydrogens (tertiary/aromatic N) is 1. The van der Waals surface area contributed by atoms with Crippen molar-refractivity contribution in [1.29, 1.82) is 0 Å². The molecule has 21 heavy (non-hydrogen) atoms. The van der Waals surface area contributed by atoms with Crippen LogP contribution in [0.5, 0.6) is 0 Å². The van der Waals surface area contributed by atoms with Gasteiger partial charge in [0.1, 0.15) is 13.1 Å². The Morgan fingerprint density at radius 2 is 1.90 bits per heavy atom. The molecule has 2 heterocycles. The Morgan fingerprint density at radius 1 is 1.14 bits per heavy atom. The summed E-state index contributed by atoms with van der Waals surface area (Å²) in [6.07, 6.45) is 4.27. The third-order valence-corrected chi connectivity index (χ3v) is 5.39. The van der Waals surface area contributed by atoms with Gasteiger partial charge in [0.15, 0.2) is 6.04 Å². The van der Waals surface area contributed by atoms with Crippen LogP contribution in [-0.2, 0) is 6.54 Å². The van der Waals surface area contributed by atoms with Crippen LogP contribution in [0.25, 0.3) is 0 Å². The minimum absolute atomic E-state index is 0.722. The molecule has 0 radical (unpaired) electrons. The second-order valence-electron chi connectivity index (χ2n) is 6.56. The highest BCUT2D eigenvalue weighted by molar-refractivity contribution is 5.51. The summed E-state index contributed by atoms with van der Waals surface area (Å²) in [7, 11) is 0. The van der Waals surface area contributed by atoms with E-state index in [1.54, 1.807) is 11.1 Å². The number of quaternary nitrogens is 2. The molecule has 3 heteroatoms. The molecule has 0 spiro atoms. The van der Waals surface area contributed by atoms with E-state index in [-0.39, 0.29) is 0 Å². The van der Waals surface area contributed by atoms with Crippen molar-refractivity contribution in [3.05, 3.63) is 29.3 Å². The summed E-state index contributed by atoms with van der Waals surface area (Å²) in [5.41, 5.74) is 4.61. The molecular formula is C18H31N3+2. The first-order chi connectivity index (χ1) is 10.3. The Balaban J connectivity index is 1.84. The number of likely N-dealkylation sites (tertiary alicyclic amines) is 1. The number of piperidine rings is 1. The normalized spacial score (nSPS) is 22.9. The van der Waals surface area contributed by atoms with E-state index in [0.29, 0.717) is 0 Å². The first-order valence-corrected chi connectivity index (χ1v) is 8.87. The summed E-state index contributed by atoms with van der Waals surface area (Å²) in [5.74, 6) is 0. The first-order valence-electron chi connectivity index (χ1n) is 8.87. The quantitative estimate of drug-likeness (QED) is 0.839. The van der Waals surface area contributed by atoms with Crippen molar-refractivity contribution in [2.75, 3.05) is 37.6 Å². The van der Waals surface area contributed by atoms with Gasteiger partial charge in [-0.05, 0) is 45.2 Å². The highest BCUT2D eigenvalue weighted by Gasteiger charge is 2.32. The smallest absolute Gasteiger partial charge is 0.163 e. The maximum Gasteiger partial charge on any atom is 0.163 e. The molecule has 0 bridgehead atoms. The predicted octanol–water partition coefficient (Wildman–Crippen LogP) is 0.720. The molecule has 3 rings (SSSR count). The second kappa shape index (κ2) is 6.80. The Labute approximate surface area is 129 Å². The van der Waals surface area contributed by atoms with Crippen LogP contribution in [0, 0.1) is 0 Å². The molecule has 2 aliphatic heterocycles. The fourth-order valence-corrected chi connectivity index (χ4v) is 4.17. The number of hydrogen-bond acceptors (Lipinski definition) is 1. The molecule has 1 fully saturated rings. The molecule has 1 aromatic rings. The molecule has 0 saturated carbocycles. The molecule has 116 valence electrons. The highest BCUT2D eigenvalue weighted by Crippen LogP contribution is 2.24. The van der Waals surface area contributed by atoms with E-state index < -0.39 is 0 Å². The van der Waals surface area contributed by atoms with Gasteiger partial charge in [-0.25, -0.2) is 0 Å². The first kappa shape index (κ1) is 14.9. The van der Waals surface area contributed by atoms with Crippen molar-refractivity contribution in [3.8, 4) is 0 Å². The number of fused-ring (bicyclic) bond motifs is 1. The van der Waals surface area contributed by atoms with Crippen LogP contribution in [0.3, 0.4) is 0 Å². The van der Waals surface area contributed by atoms with Crippen molar-refractivity contribution in [1.82, 2.24) is 0 Å². The maximum atomic E-state index is 2.51. The Hall–Kier alpha value is -1.06. The Morgan fingerprint density at radius 3 is 2.62 bits per heavy atom. The number of anilines is 1. The summed E-state index contributed by atoms with van der Waals surface area (Å²) in [6.45, 7) is 11.9. The number of hydrogen-bond donors (Lipinski definition) is 2. The van der Waals surface area contributed by atoms with Crippen molar-refractivity contribution in [3.63, 3.8) is 0 Å². The van der Waals surface area contributed by atoms with Crippen LogP contribution >= 0.6 is 0 Å². The van der Waals surface area contributed by atoms with Crippen LogP contribution < -0.4 is 15.1 Å². The fourth-order valence-electron chi connectivity index (χ4n) is 4.17. The highest BCUT2D eigenvalue weighted by atomic mass is 15.2. The average Bonchev–Trinajstić information content (AvgIpc) is 2.56. The SMILES string of the molecule is CCN(CC)c1ccc2c(c1)C[NH2+]C[C@@H]2[NH+]1CCCCC1. The summed E-state index contributed by atoms with van der Waals surface area (Å²) in [6, 6.07) is 7.96. The lowest BCUT2D eigenvalue weighted by Gasteiger charge is -2.34. The minimum atomic E-state index is 0.722. The monoisotopic (exact) mass is 289 g/mol. The van der Waals surface area contributed by atoms with Crippen LogP contribution in [0.1, 0.15) is 50.3 Å². The fraction of sp³-hybridized carbons (Fsp3) is 0.667. The molecule has 0 aromatic heterocycles. The van der Waals surface area contributed by atoms with Crippen molar-refractivity contribution >= 4 is 5.69 Å². The molecule has 3 N–H and O–H groups in total. The maximum absolute atomic E-state index is 2.51. The summed E-state index contributed by atoms with van der Waals surface area (Å²) in [4.78, 5) is 4.28. The van der Waals surface area contributed by atoms with Crippen molar-refractivity contribution in [2.45, 2.75) is 45.7 Å². The lowest BCUT2D eigenvalue weighted by Crippen LogP contribution is -3.16. The zero-order chi connectivity index (χ0) is 14.7. The standard InChI is InChI=1S/C18H29N3/c1-3-20(4-2)16-8-9-17-15(12-16)13-19-14-18(17)21-10-6-5-7-11-21/h8-9,12,18-19H,3-7,10-11,13-14H2,1-2H3/p+2/t18-/m0/s1. The lowest BCUT2D eigenvalue weighted by atomic mass is 9.93. The van der Waals surface area contributed by atoms with Gasteiger partial charge in [-0.2, -0.15) is 0 Å². The molecule has 3 nitrogen and oxygen atoms in total. The Kier molecular flexibility index (Phi) is 4.81. The van der Waals surface area contributed by atoms with E-state index in [9.17, 15) is 0 Å². The van der Waals surface area contributed by atoms with E-state index in [0.717, 1.165) is 25.7 Å². The van der Waals surface area contributed by atoms with Gasteiger partial charge in [0.05, 0.1) is 13.1 Å². The van der Waals surface area contributed by atoms with Gasteiger partial charge < -0.3 is 15.1 Å². The third kappa shape index (κ3) is 3.09. The van der Waals surface area contributed by atoms with Gasteiger partial charge in [-0.3, -0.25) is 0 Å². The minimum Gasteiger partial charge on any atom is -0.372 e. The molecule has 1 atom stereocenters. The second-order valence-corrected chi connectivity index (χ2v) is 6.56. The van der Waals surface area contributed by atoms with Crippen molar-refractivity contribution in [2.24, 2.45) is 0 Å². The van der Waals surface area contributed by atoms with Crippen LogP contribution in [0.15, 0.2) is 18.2 Å². The largest absolute Gasteiger partial charge is 0.372 e. The number of rotatable bonds is 4. The molecule has 1 saturated heterocycles. The van der Waals surface area contributed by atoms with E-state index in [1.807, 2.05) is 4.90 Å². The van der Waals surface area contributed by atoms with Gasteiger partial charge in [0, 0.05) is 29.9 Å². The van der Waals surface area contributed by atoms with Gasteiger partial charge in [-0.15, -0.1) is 0 Å². The van der Waals surface area contributed by atoms with Crippen LogP contribution in [0.2, 0.25) is 0 Å². The third-order valence-electron chi connectivity index (χ3n) is 5.39. The van der Waals surface area contributed by atoms with Gasteiger partial charge in [0.2, 0.25) is 0 Å². The molecule has 0 unspecified atom stereocenters. The lowest BCUT2D eigenvalue weighted by molar-refractivity contribution is -0.952. The van der Waals surface area contributed by atoms with E-state index in [2.05, 4.69) is 42.3 Å². The molecule has 1 aromatic carbocycles. The van der Waals surface area contributed by atoms with Crippen LogP contribution in [-0.4, -0.2) is 32.7 Å². The molecule has 0 aliphatic carbocycles. The number of benzene rings is 1. The molecule has 0 amide bonds. The van der Waals surface area contributed by atoms with Gasteiger partial charge in [0.25, 0.3) is 0 Å². The van der Waals surface area contributed by atoms with Gasteiger partial charge >= 0.3 is 0 Å². The zero-order valence-corrected chi connectivity index (χ0v) is 13.7. The van der Waals surface area contributed by atoms with E-state index in [1.165, 1.54) is 44.6 Å². The van der Waals surface area contributed by atoms with Crippen LogP contribution in [0.4, 0.5) is 5.69 Å². The molecular weight excluding hydrogens is 258 g/mol. The summed E-state index contributed by atoms with van der Waals surface area (Å²) < 4.78 is 0.